The number of aliphatic imine (C=N–C) groups is 1. The number of benzene rings is 1. The van der Waals surface area contributed by atoms with Gasteiger partial charge in [-0.15, -0.1) is 24.0 Å². The van der Waals surface area contributed by atoms with E-state index < -0.39 is 0 Å². The first-order valence-electron chi connectivity index (χ1n) is 8.44. The molecule has 1 heterocycles. The second-order valence-corrected chi connectivity index (χ2v) is 6.37. The largest absolute Gasteiger partial charge is 0.356 e. The molecule has 0 aromatic heterocycles. The molecule has 1 amide bonds. The third kappa shape index (κ3) is 6.30. The summed E-state index contributed by atoms with van der Waals surface area (Å²) in [4.78, 5) is 18.1. The molecule has 1 aromatic rings. The minimum Gasteiger partial charge on any atom is -0.356 e. The Bertz CT molecular complexity index is 542. The van der Waals surface area contributed by atoms with Crippen molar-refractivity contribution in [3.63, 3.8) is 0 Å². The maximum Gasteiger partial charge on any atom is 0.226 e. The van der Waals surface area contributed by atoms with Crippen LogP contribution in [0.1, 0.15) is 38.7 Å². The topological polar surface area (TPSA) is 56.7 Å². The number of guanidine groups is 1. The molecule has 24 heavy (non-hydrogen) atoms. The van der Waals surface area contributed by atoms with E-state index in [2.05, 4.69) is 41.6 Å². The average molecular weight is 444 g/mol. The lowest BCUT2D eigenvalue weighted by atomic mass is 10.1. The zero-order valence-electron chi connectivity index (χ0n) is 14.8. The van der Waals surface area contributed by atoms with E-state index in [1.165, 1.54) is 5.56 Å². The van der Waals surface area contributed by atoms with Gasteiger partial charge in [-0.25, -0.2) is 0 Å². The molecule has 6 heteroatoms. The van der Waals surface area contributed by atoms with E-state index in [1.54, 1.807) is 7.05 Å². The van der Waals surface area contributed by atoms with Gasteiger partial charge in [-0.2, -0.15) is 0 Å². The van der Waals surface area contributed by atoms with Crippen LogP contribution < -0.4 is 15.5 Å². The van der Waals surface area contributed by atoms with Crippen molar-refractivity contribution in [3.8, 4) is 0 Å². The van der Waals surface area contributed by atoms with E-state index in [0.717, 1.165) is 37.6 Å². The van der Waals surface area contributed by atoms with Gasteiger partial charge < -0.3 is 15.5 Å². The van der Waals surface area contributed by atoms with Gasteiger partial charge in [0.2, 0.25) is 5.91 Å². The Balaban J connectivity index is 0.00000288. The van der Waals surface area contributed by atoms with E-state index >= 15 is 0 Å². The molecule has 1 fully saturated rings. The zero-order valence-corrected chi connectivity index (χ0v) is 17.2. The molecule has 0 radical (unpaired) electrons. The molecule has 2 rings (SSSR count). The highest BCUT2D eigenvalue weighted by Crippen LogP contribution is 2.21. The van der Waals surface area contributed by atoms with Crippen molar-refractivity contribution in [2.75, 3.05) is 25.0 Å². The van der Waals surface area contributed by atoms with Crippen LogP contribution in [0.4, 0.5) is 5.69 Å². The minimum atomic E-state index is 0. The Kier molecular flexibility index (Phi) is 9.10. The summed E-state index contributed by atoms with van der Waals surface area (Å²) in [6.45, 7) is 6.78. The molecule has 0 saturated carbocycles. The quantitative estimate of drug-likeness (QED) is 0.417. The second kappa shape index (κ2) is 10.5. The van der Waals surface area contributed by atoms with Gasteiger partial charge in [-0.1, -0.05) is 26.0 Å². The van der Waals surface area contributed by atoms with E-state index in [9.17, 15) is 4.79 Å². The van der Waals surface area contributed by atoms with Crippen molar-refractivity contribution in [3.05, 3.63) is 29.8 Å². The van der Waals surface area contributed by atoms with Crippen LogP contribution in [0.25, 0.3) is 0 Å². The lowest BCUT2D eigenvalue weighted by molar-refractivity contribution is -0.119. The Morgan fingerprint density at radius 3 is 2.50 bits per heavy atom. The highest BCUT2D eigenvalue weighted by atomic mass is 127. The monoisotopic (exact) mass is 444 g/mol. The van der Waals surface area contributed by atoms with Crippen LogP contribution in [-0.2, 0) is 11.3 Å². The first-order chi connectivity index (χ1) is 11.1. The summed E-state index contributed by atoms with van der Waals surface area (Å²) in [5, 5.41) is 6.60. The number of amides is 1. The van der Waals surface area contributed by atoms with Gasteiger partial charge in [0.25, 0.3) is 0 Å². The van der Waals surface area contributed by atoms with Crippen molar-refractivity contribution < 1.29 is 4.79 Å². The van der Waals surface area contributed by atoms with Gasteiger partial charge in [-0.3, -0.25) is 9.79 Å². The maximum atomic E-state index is 11.9. The fourth-order valence-electron chi connectivity index (χ4n) is 2.58. The molecular formula is C18H29IN4O. The molecule has 1 aliphatic heterocycles. The number of halogens is 1. The SMILES string of the molecule is CN=C(NCc1ccc(N2CCCCC2=O)cc1)NCC(C)C.I. The molecule has 5 nitrogen and oxygen atoms in total. The molecule has 0 aliphatic carbocycles. The van der Waals surface area contributed by atoms with Gasteiger partial charge in [0.05, 0.1) is 0 Å². The Hall–Kier alpha value is -1.31. The van der Waals surface area contributed by atoms with E-state index in [1.807, 2.05) is 17.0 Å². The summed E-state index contributed by atoms with van der Waals surface area (Å²) in [6.07, 6.45) is 2.77. The van der Waals surface area contributed by atoms with Crippen molar-refractivity contribution in [1.29, 1.82) is 0 Å². The zero-order chi connectivity index (χ0) is 16.7. The lowest BCUT2D eigenvalue weighted by Crippen LogP contribution is -2.38. The minimum absolute atomic E-state index is 0. The van der Waals surface area contributed by atoms with Crippen LogP contribution in [0.2, 0.25) is 0 Å². The number of carbonyl (C=O) groups is 1. The van der Waals surface area contributed by atoms with Gasteiger partial charge in [0, 0.05) is 38.8 Å². The molecular weight excluding hydrogens is 415 g/mol. The van der Waals surface area contributed by atoms with Crippen LogP contribution in [0.3, 0.4) is 0 Å². The predicted molar refractivity (Wildman–Crippen MR) is 111 cm³/mol. The number of nitrogens with one attached hydrogen (secondary N) is 2. The smallest absolute Gasteiger partial charge is 0.226 e. The van der Waals surface area contributed by atoms with Crippen molar-refractivity contribution >= 4 is 41.5 Å². The molecule has 0 unspecified atom stereocenters. The van der Waals surface area contributed by atoms with E-state index in [4.69, 9.17) is 0 Å². The van der Waals surface area contributed by atoms with Crippen LogP contribution in [0.15, 0.2) is 29.3 Å². The van der Waals surface area contributed by atoms with Gasteiger partial charge in [0.15, 0.2) is 5.96 Å². The Labute approximate surface area is 162 Å². The number of piperidine rings is 1. The summed E-state index contributed by atoms with van der Waals surface area (Å²) in [5.41, 5.74) is 2.17. The molecule has 134 valence electrons. The third-order valence-corrected chi connectivity index (χ3v) is 3.93. The number of nitrogens with zero attached hydrogens (tertiary/aromatic N) is 2. The third-order valence-electron chi connectivity index (χ3n) is 3.93. The first-order valence-corrected chi connectivity index (χ1v) is 8.44. The van der Waals surface area contributed by atoms with Crippen LogP contribution in [0, 0.1) is 5.92 Å². The Morgan fingerprint density at radius 1 is 1.21 bits per heavy atom. The highest BCUT2D eigenvalue weighted by molar-refractivity contribution is 14.0. The number of hydrogen-bond acceptors (Lipinski definition) is 2. The number of carbonyl (C=O) groups excluding carboxylic acids is 1. The number of anilines is 1. The predicted octanol–water partition coefficient (Wildman–Crippen LogP) is 3.14. The number of rotatable bonds is 5. The fourth-order valence-corrected chi connectivity index (χ4v) is 2.58. The number of hydrogen-bond donors (Lipinski definition) is 2. The normalized spacial score (nSPS) is 15.2. The van der Waals surface area contributed by atoms with Crippen molar-refractivity contribution in [1.82, 2.24) is 10.6 Å². The molecule has 0 spiro atoms. The standard InChI is InChI=1S/C18H28N4O.HI/c1-14(2)12-20-18(19-3)21-13-15-7-9-16(10-8-15)22-11-5-4-6-17(22)23;/h7-10,14H,4-6,11-13H2,1-3H3,(H2,19,20,21);1H. The summed E-state index contributed by atoms with van der Waals surface area (Å²) in [6, 6.07) is 8.20. The molecule has 1 saturated heterocycles. The van der Waals surface area contributed by atoms with Crippen molar-refractivity contribution in [2.24, 2.45) is 10.9 Å². The first kappa shape index (κ1) is 20.7. The molecule has 0 atom stereocenters. The molecule has 2 N–H and O–H groups in total. The van der Waals surface area contributed by atoms with Crippen LogP contribution in [0.5, 0.6) is 0 Å². The highest BCUT2D eigenvalue weighted by Gasteiger charge is 2.19. The van der Waals surface area contributed by atoms with Crippen molar-refractivity contribution in [2.45, 2.75) is 39.7 Å². The fraction of sp³-hybridized carbons (Fsp3) is 0.556. The molecule has 1 aromatic carbocycles. The van der Waals surface area contributed by atoms with Crippen LogP contribution >= 0.6 is 24.0 Å². The molecule has 0 bridgehead atoms. The average Bonchev–Trinajstić information content (AvgIpc) is 2.56. The summed E-state index contributed by atoms with van der Waals surface area (Å²) in [7, 11) is 1.78. The maximum absolute atomic E-state index is 11.9. The van der Waals surface area contributed by atoms with Gasteiger partial charge in [-0.05, 0) is 36.5 Å². The Morgan fingerprint density at radius 2 is 1.92 bits per heavy atom. The lowest BCUT2D eigenvalue weighted by Gasteiger charge is -2.26. The van der Waals surface area contributed by atoms with E-state index in [-0.39, 0.29) is 29.9 Å². The van der Waals surface area contributed by atoms with Gasteiger partial charge >= 0.3 is 0 Å². The summed E-state index contributed by atoms with van der Waals surface area (Å²) >= 11 is 0. The summed E-state index contributed by atoms with van der Waals surface area (Å²) in [5.74, 6) is 1.63. The van der Waals surface area contributed by atoms with Crippen LogP contribution in [-0.4, -0.2) is 32.0 Å². The molecule has 1 aliphatic rings. The second-order valence-electron chi connectivity index (χ2n) is 6.37. The van der Waals surface area contributed by atoms with Gasteiger partial charge in [0.1, 0.15) is 0 Å². The summed E-state index contributed by atoms with van der Waals surface area (Å²) < 4.78 is 0. The van der Waals surface area contributed by atoms with E-state index in [0.29, 0.717) is 18.9 Å².